The van der Waals surface area contributed by atoms with E-state index in [4.69, 9.17) is 19.9 Å². The van der Waals surface area contributed by atoms with E-state index in [0.717, 1.165) is 11.3 Å². The van der Waals surface area contributed by atoms with Crippen molar-refractivity contribution in [3.63, 3.8) is 0 Å². The van der Waals surface area contributed by atoms with Gasteiger partial charge in [-0.2, -0.15) is 0 Å². The smallest absolute Gasteiger partial charge is 0.358 e. The third kappa shape index (κ3) is 5.57. The maximum Gasteiger partial charge on any atom is 0.358 e. The van der Waals surface area contributed by atoms with Crippen LogP contribution in [0.1, 0.15) is 26.5 Å². The number of oxime groups is 1. The van der Waals surface area contributed by atoms with Crippen LogP contribution >= 0.6 is 23.1 Å². The number of nitrogens with one attached hydrogen (secondary N) is 1. The number of hydrogen-bond acceptors (Lipinski definition) is 13. The summed E-state index contributed by atoms with van der Waals surface area (Å²) in [6.07, 6.45) is -1.18. The van der Waals surface area contributed by atoms with Crippen molar-refractivity contribution in [2.24, 2.45) is 11.1 Å². The maximum absolute atomic E-state index is 13.0. The van der Waals surface area contributed by atoms with Crippen molar-refractivity contribution >= 4 is 57.7 Å². The summed E-state index contributed by atoms with van der Waals surface area (Å²) < 4.78 is 15.5. The highest BCUT2D eigenvalue weighted by atomic mass is 32.2. The number of ether oxygens (including phenoxy) is 3. The fourth-order valence-corrected chi connectivity index (χ4v) is 5.18. The van der Waals surface area contributed by atoms with Crippen LogP contribution in [0.15, 0.2) is 21.8 Å². The van der Waals surface area contributed by atoms with Gasteiger partial charge in [-0.05, 0) is 5.57 Å². The highest BCUT2D eigenvalue weighted by molar-refractivity contribution is 8.00. The number of carbonyl (C=O) groups excluding carboxylic acids is 4. The van der Waals surface area contributed by atoms with Crippen LogP contribution in [0.3, 0.4) is 0 Å². The Labute approximate surface area is 208 Å². The Morgan fingerprint density at radius 3 is 2.63 bits per heavy atom. The molecular formula is C20H25N5O8S2. The third-order valence-electron chi connectivity index (χ3n) is 4.95. The molecule has 190 valence electrons. The molecule has 2 aliphatic heterocycles. The van der Waals surface area contributed by atoms with E-state index in [9.17, 15) is 24.4 Å². The number of nitrogens with zero attached hydrogens (tertiary/aromatic N) is 3. The Kier molecular flexibility index (Phi) is 8.34. The van der Waals surface area contributed by atoms with Gasteiger partial charge in [0.2, 0.25) is 6.29 Å². The van der Waals surface area contributed by atoms with E-state index in [1.807, 2.05) is 0 Å². The predicted molar refractivity (Wildman–Crippen MR) is 125 cm³/mol. The number of rotatable bonds is 9. The second-order valence-corrected chi connectivity index (χ2v) is 9.82. The molecule has 0 saturated carbocycles. The van der Waals surface area contributed by atoms with Crippen LogP contribution in [0.25, 0.3) is 0 Å². The van der Waals surface area contributed by atoms with Crippen LogP contribution < -0.4 is 11.1 Å². The van der Waals surface area contributed by atoms with Gasteiger partial charge in [0.15, 0.2) is 10.8 Å². The standard InChI is InChI=1S/C20H25N5O8S2/c1-8(2)18(28)32-9(3)33-19(29)14-10(5-31-4)6-34-17-13(16(27)25(14)17)23-15(26)12(24-30)11-7-35-20(21)22-11/h7-9,13,17,30H,5-6H2,1-4H3,(H2,21,22)(H,23,26)/t9?,13?,17-/m0/s1. The van der Waals surface area contributed by atoms with E-state index >= 15 is 0 Å². The number of methoxy groups -OCH3 is 1. The highest BCUT2D eigenvalue weighted by Gasteiger charge is 2.55. The molecule has 0 aliphatic carbocycles. The average Bonchev–Trinajstić information content (AvgIpc) is 3.23. The number of nitrogen functional groups attached to an aromatic ring is 1. The average molecular weight is 528 g/mol. The molecule has 1 aromatic heterocycles. The van der Waals surface area contributed by atoms with Crippen LogP contribution in [0.5, 0.6) is 0 Å². The minimum Gasteiger partial charge on any atom is -0.425 e. The summed E-state index contributed by atoms with van der Waals surface area (Å²) in [4.78, 5) is 55.5. The lowest BCUT2D eigenvalue weighted by atomic mass is 10.0. The number of thioether (sulfide) groups is 1. The van der Waals surface area contributed by atoms with Gasteiger partial charge in [0.25, 0.3) is 11.8 Å². The van der Waals surface area contributed by atoms with Crippen molar-refractivity contribution in [3.8, 4) is 0 Å². The quantitative estimate of drug-likeness (QED) is 0.100. The van der Waals surface area contributed by atoms with Gasteiger partial charge in [-0.25, -0.2) is 9.78 Å². The zero-order chi connectivity index (χ0) is 25.9. The Hall–Kier alpha value is -3.17. The van der Waals surface area contributed by atoms with Gasteiger partial charge in [0.1, 0.15) is 22.8 Å². The SMILES string of the molecule is COCC1=C(C(=O)OC(C)OC(=O)C(C)C)N2C(=O)C(NC(=O)C(=NO)c3csc(N)n3)[C@@H]2SC1. The van der Waals surface area contributed by atoms with E-state index in [2.05, 4.69) is 15.5 Å². The maximum atomic E-state index is 13.0. The lowest BCUT2D eigenvalue weighted by Crippen LogP contribution is -2.71. The van der Waals surface area contributed by atoms with Gasteiger partial charge in [-0.3, -0.25) is 19.3 Å². The van der Waals surface area contributed by atoms with E-state index < -0.39 is 53.1 Å². The van der Waals surface area contributed by atoms with Gasteiger partial charge in [0.05, 0.1) is 12.5 Å². The summed E-state index contributed by atoms with van der Waals surface area (Å²) in [6.45, 7) is 4.74. The minimum absolute atomic E-state index is 0.0260. The summed E-state index contributed by atoms with van der Waals surface area (Å²) in [5, 5.41) is 15.8. The summed E-state index contributed by atoms with van der Waals surface area (Å²) in [5.41, 5.74) is 5.70. The molecule has 2 amide bonds. The molecule has 0 aromatic carbocycles. The largest absolute Gasteiger partial charge is 0.425 e. The first kappa shape index (κ1) is 26.4. The normalized spacial score (nSPS) is 20.8. The van der Waals surface area contributed by atoms with Gasteiger partial charge in [-0.1, -0.05) is 19.0 Å². The van der Waals surface area contributed by atoms with Gasteiger partial charge < -0.3 is 30.5 Å². The first-order valence-corrected chi connectivity index (χ1v) is 12.3. The Bertz CT molecular complexity index is 1090. The first-order chi connectivity index (χ1) is 16.6. The molecule has 0 bridgehead atoms. The molecule has 4 N–H and O–H groups in total. The molecule has 15 heteroatoms. The molecule has 3 atom stereocenters. The van der Waals surface area contributed by atoms with Gasteiger partial charge in [0, 0.05) is 25.2 Å². The van der Waals surface area contributed by atoms with Gasteiger partial charge in [-0.15, -0.1) is 23.1 Å². The highest BCUT2D eigenvalue weighted by Crippen LogP contribution is 2.41. The molecule has 1 saturated heterocycles. The molecule has 3 rings (SSSR count). The molecular weight excluding hydrogens is 502 g/mol. The molecule has 13 nitrogen and oxygen atoms in total. The Morgan fingerprint density at radius 1 is 1.34 bits per heavy atom. The zero-order valence-corrected chi connectivity index (χ0v) is 21.0. The van der Waals surface area contributed by atoms with Crippen molar-refractivity contribution in [1.29, 1.82) is 0 Å². The number of nitrogens with two attached hydrogens (primary N) is 1. The van der Waals surface area contributed by atoms with Crippen LogP contribution in [-0.2, 0) is 33.4 Å². The molecule has 1 aromatic rings. The summed E-state index contributed by atoms with van der Waals surface area (Å²) in [5.74, 6) is -2.90. The molecule has 0 radical (unpaired) electrons. The Balaban J connectivity index is 1.75. The summed E-state index contributed by atoms with van der Waals surface area (Å²) in [6, 6.07) is -0.997. The fraction of sp³-hybridized carbons (Fsp3) is 0.500. The predicted octanol–water partition coefficient (Wildman–Crippen LogP) is 0.292. The number of anilines is 1. The molecule has 0 spiro atoms. The van der Waals surface area contributed by atoms with Gasteiger partial charge >= 0.3 is 11.9 Å². The first-order valence-electron chi connectivity index (χ1n) is 10.4. The minimum atomic E-state index is -1.18. The third-order valence-corrected chi connectivity index (χ3v) is 6.97. The summed E-state index contributed by atoms with van der Waals surface area (Å²) >= 11 is 2.37. The van der Waals surface area contributed by atoms with Crippen LogP contribution in [0.4, 0.5) is 5.13 Å². The number of aromatic nitrogens is 1. The van der Waals surface area contributed by atoms with Crippen molar-refractivity contribution in [2.45, 2.75) is 38.5 Å². The molecule has 3 heterocycles. The van der Waals surface area contributed by atoms with Crippen LogP contribution in [0.2, 0.25) is 0 Å². The Morgan fingerprint density at radius 2 is 2.06 bits per heavy atom. The fourth-order valence-electron chi connectivity index (χ4n) is 3.31. The monoisotopic (exact) mass is 527 g/mol. The molecule has 1 fully saturated rings. The van der Waals surface area contributed by atoms with E-state index in [1.54, 1.807) is 13.8 Å². The van der Waals surface area contributed by atoms with Crippen molar-refractivity contribution in [2.75, 3.05) is 25.2 Å². The number of thiazole rings is 1. The number of fused-ring (bicyclic) bond motifs is 1. The molecule has 2 aliphatic rings. The number of amides is 2. The lowest BCUT2D eigenvalue weighted by molar-refractivity contribution is -0.186. The number of hydrogen-bond donors (Lipinski definition) is 3. The van der Waals surface area contributed by atoms with Crippen LogP contribution in [0, 0.1) is 5.92 Å². The second kappa shape index (κ2) is 11.0. The molecule has 35 heavy (non-hydrogen) atoms. The zero-order valence-electron chi connectivity index (χ0n) is 19.3. The van der Waals surface area contributed by atoms with E-state index in [0.29, 0.717) is 11.3 Å². The van der Waals surface area contributed by atoms with Crippen molar-refractivity contribution in [3.05, 3.63) is 22.3 Å². The van der Waals surface area contributed by atoms with E-state index in [1.165, 1.54) is 36.1 Å². The summed E-state index contributed by atoms with van der Waals surface area (Å²) in [7, 11) is 1.45. The van der Waals surface area contributed by atoms with Crippen LogP contribution in [-0.4, -0.2) is 81.7 Å². The lowest BCUT2D eigenvalue weighted by Gasteiger charge is -2.49. The number of β-lactam (4-membered cyclic amide) rings is 1. The second-order valence-electron chi connectivity index (χ2n) is 7.83. The molecule has 2 unspecified atom stereocenters. The van der Waals surface area contributed by atoms with E-state index in [-0.39, 0.29) is 23.1 Å². The number of carbonyl (C=O) groups is 4. The van der Waals surface area contributed by atoms with Crippen molar-refractivity contribution in [1.82, 2.24) is 15.2 Å². The number of esters is 2. The topological polar surface area (TPSA) is 183 Å². The van der Waals surface area contributed by atoms with Crippen molar-refractivity contribution < 1.29 is 38.6 Å².